The highest BCUT2D eigenvalue weighted by atomic mass is 35.5. The first kappa shape index (κ1) is 22.1. The number of nitrogens with one attached hydrogen (secondary N) is 1. The van der Waals surface area contributed by atoms with Gasteiger partial charge in [0.05, 0.1) is 17.8 Å². The molecule has 0 bridgehead atoms. The van der Waals surface area contributed by atoms with Crippen LogP contribution in [0.15, 0.2) is 54.6 Å². The van der Waals surface area contributed by atoms with Crippen molar-refractivity contribution >= 4 is 29.1 Å². The fraction of sp³-hybridized carbons (Fsp3) is 0.320. The first-order valence-electron chi connectivity index (χ1n) is 10.8. The van der Waals surface area contributed by atoms with Crippen molar-refractivity contribution in [1.82, 2.24) is 10.2 Å². The number of aromatic nitrogens is 2. The van der Waals surface area contributed by atoms with Crippen LogP contribution in [0.1, 0.15) is 43.6 Å². The van der Waals surface area contributed by atoms with Crippen LogP contribution in [0.5, 0.6) is 5.75 Å². The summed E-state index contributed by atoms with van der Waals surface area (Å²) in [5, 5.41) is 21.3. The summed E-state index contributed by atoms with van der Waals surface area (Å²) in [4.78, 5) is 10.9. The number of benzene rings is 2. The summed E-state index contributed by atoms with van der Waals surface area (Å²) in [5.74, 6) is 1.38. The van der Waals surface area contributed by atoms with Crippen LogP contribution in [-0.4, -0.2) is 28.4 Å². The number of methoxy groups -OCH3 is 1. The Kier molecular flexibility index (Phi) is 6.90. The Morgan fingerprint density at radius 2 is 1.81 bits per heavy atom. The molecule has 1 aliphatic carbocycles. The Morgan fingerprint density at radius 1 is 1.06 bits per heavy atom. The molecule has 32 heavy (non-hydrogen) atoms. The number of carbonyl (C=O) groups is 1. The van der Waals surface area contributed by atoms with Crippen molar-refractivity contribution in [3.05, 3.63) is 65.2 Å². The van der Waals surface area contributed by atoms with E-state index in [0.29, 0.717) is 34.8 Å². The van der Waals surface area contributed by atoms with Crippen molar-refractivity contribution < 1.29 is 14.6 Å². The fourth-order valence-electron chi connectivity index (χ4n) is 4.32. The summed E-state index contributed by atoms with van der Waals surface area (Å²) in [6, 6.07) is 17.8. The van der Waals surface area contributed by atoms with Crippen molar-refractivity contribution in [2.45, 2.75) is 38.0 Å². The van der Waals surface area contributed by atoms with Crippen molar-refractivity contribution in [3.63, 3.8) is 0 Å². The largest absolute Gasteiger partial charge is 0.495 e. The third kappa shape index (κ3) is 5.37. The number of halogens is 1. The van der Waals surface area contributed by atoms with Crippen LogP contribution in [0.2, 0.25) is 5.02 Å². The molecular formula is C25H26ClN3O3. The maximum Gasteiger partial charge on any atom is 0.303 e. The van der Waals surface area contributed by atoms with Crippen molar-refractivity contribution in [2.24, 2.45) is 5.92 Å². The maximum atomic E-state index is 10.9. The molecule has 7 heteroatoms. The highest BCUT2D eigenvalue weighted by Crippen LogP contribution is 2.37. The second-order valence-electron chi connectivity index (χ2n) is 8.22. The van der Waals surface area contributed by atoms with E-state index in [1.54, 1.807) is 19.2 Å². The molecule has 6 nitrogen and oxygen atoms in total. The van der Waals surface area contributed by atoms with Gasteiger partial charge in [0.2, 0.25) is 0 Å². The minimum Gasteiger partial charge on any atom is -0.495 e. The van der Waals surface area contributed by atoms with E-state index in [-0.39, 0.29) is 0 Å². The number of nitrogens with zero attached hydrogens (tertiary/aromatic N) is 2. The summed E-state index contributed by atoms with van der Waals surface area (Å²) in [5.41, 5.74) is 3.94. The van der Waals surface area contributed by atoms with Crippen molar-refractivity contribution in [3.8, 4) is 17.0 Å². The van der Waals surface area contributed by atoms with Crippen LogP contribution < -0.4 is 10.1 Å². The van der Waals surface area contributed by atoms with Gasteiger partial charge in [-0.1, -0.05) is 35.9 Å². The summed E-state index contributed by atoms with van der Waals surface area (Å²) < 4.78 is 5.17. The quantitative estimate of drug-likeness (QED) is 0.438. The minimum atomic E-state index is -0.687. The number of carboxylic acids is 1. The zero-order chi connectivity index (χ0) is 22.5. The number of hydrogen-bond acceptors (Lipinski definition) is 5. The molecule has 1 aromatic heterocycles. The van der Waals surface area contributed by atoms with Crippen molar-refractivity contribution in [1.29, 1.82) is 0 Å². The molecule has 0 saturated heterocycles. The molecule has 4 rings (SSSR count). The van der Waals surface area contributed by atoms with Gasteiger partial charge < -0.3 is 15.2 Å². The molecule has 2 N–H and O–H groups in total. The Morgan fingerprint density at radius 3 is 2.41 bits per heavy atom. The lowest BCUT2D eigenvalue weighted by Crippen LogP contribution is -2.16. The van der Waals surface area contributed by atoms with Gasteiger partial charge in [0, 0.05) is 17.7 Å². The summed E-state index contributed by atoms with van der Waals surface area (Å²) in [6.07, 6.45) is 4.36. The Balaban J connectivity index is 1.37. The third-order valence-electron chi connectivity index (χ3n) is 6.08. The molecule has 1 aliphatic rings. The molecule has 0 amide bonds. The molecule has 1 heterocycles. The van der Waals surface area contributed by atoms with Crippen LogP contribution in [0.3, 0.4) is 0 Å². The normalized spacial score (nSPS) is 18.2. The van der Waals surface area contributed by atoms with Gasteiger partial charge in [-0.3, -0.25) is 4.79 Å². The molecule has 1 saturated carbocycles. The third-order valence-corrected chi connectivity index (χ3v) is 6.37. The van der Waals surface area contributed by atoms with Gasteiger partial charge in [-0.25, -0.2) is 0 Å². The monoisotopic (exact) mass is 451 g/mol. The van der Waals surface area contributed by atoms with Crippen molar-refractivity contribution in [2.75, 3.05) is 12.4 Å². The zero-order valence-electron chi connectivity index (χ0n) is 17.9. The molecule has 3 aromatic rings. The first-order chi connectivity index (χ1) is 15.5. The number of rotatable bonds is 7. The average molecular weight is 452 g/mol. The molecule has 166 valence electrons. The van der Waals surface area contributed by atoms with Gasteiger partial charge in [-0.05, 0) is 73.4 Å². The summed E-state index contributed by atoms with van der Waals surface area (Å²) >= 11 is 6.17. The molecule has 1 fully saturated rings. The Labute approximate surface area is 192 Å². The molecule has 0 aliphatic heterocycles. The number of aliphatic carboxylic acids is 1. The van der Waals surface area contributed by atoms with E-state index >= 15 is 0 Å². The summed E-state index contributed by atoms with van der Waals surface area (Å²) in [7, 11) is 1.58. The Bertz CT molecular complexity index is 1060. The second kappa shape index (κ2) is 10.0. The van der Waals surface area contributed by atoms with Gasteiger partial charge in [0.15, 0.2) is 5.82 Å². The first-order valence-corrected chi connectivity index (χ1v) is 11.2. The van der Waals surface area contributed by atoms with Crippen LogP contribution in [-0.2, 0) is 4.79 Å². The molecule has 0 atom stereocenters. The van der Waals surface area contributed by atoms with Gasteiger partial charge in [0.25, 0.3) is 0 Å². The average Bonchev–Trinajstić information content (AvgIpc) is 2.80. The molecule has 0 spiro atoms. The van der Waals surface area contributed by atoms with E-state index in [2.05, 4.69) is 39.8 Å². The second-order valence-corrected chi connectivity index (χ2v) is 8.62. The number of hydrogen-bond donors (Lipinski definition) is 2. The van der Waals surface area contributed by atoms with E-state index in [1.807, 2.05) is 18.2 Å². The lowest BCUT2D eigenvalue weighted by molar-refractivity contribution is -0.138. The predicted octanol–water partition coefficient (Wildman–Crippen LogP) is 6.30. The highest BCUT2D eigenvalue weighted by Gasteiger charge is 2.24. The van der Waals surface area contributed by atoms with E-state index in [0.717, 1.165) is 42.6 Å². The molecular weight excluding hydrogens is 426 g/mol. The number of carboxylic acid groups (broad SMARTS) is 1. The smallest absolute Gasteiger partial charge is 0.303 e. The van der Waals surface area contributed by atoms with Gasteiger partial charge in [-0.15, -0.1) is 10.2 Å². The van der Waals surface area contributed by atoms with E-state index in [1.165, 1.54) is 5.56 Å². The van der Waals surface area contributed by atoms with E-state index < -0.39 is 5.97 Å². The predicted molar refractivity (Wildman–Crippen MR) is 126 cm³/mol. The van der Waals surface area contributed by atoms with E-state index in [4.69, 9.17) is 21.4 Å². The topological polar surface area (TPSA) is 84.3 Å². The van der Waals surface area contributed by atoms with Gasteiger partial charge in [-0.2, -0.15) is 0 Å². The molecule has 0 radical (unpaired) electrons. The van der Waals surface area contributed by atoms with Crippen LogP contribution >= 0.6 is 11.6 Å². The van der Waals surface area contributed by atoms with Gasteiger partial charge >= 0.3 is 5.97 Å². The highest BCUT2D eigenvalue weighted by molar-refractivity contribution is 6.32. The maximum absolute atomic E-state index is 10.9. The zero-order valence-corrected chi connectivity index (χ0v) is 18.7. The SMILES string of the molecule is COc1ccc(Nc2ccc(-c3ccc(C4CCC(CC(=O)O)CC4)cc3)nn2)cc1Cl. The fourth-order valence-corrected chi connectivity index (χ4v) is 4.58. The lowest BCUT2D eigenvalue weighted by Gasteiger charge is -2.28. The Hall–Kier alpha value is -3.12. The lowest BCUT2D eigenvalue weighted by atomic mass is 9.77. The van der Waals surface area contributed by atoms with Crippen LogP contribution in [0.4, 0.5) is 11.5 Å². The number of anilines is 2. The van der Waals surface area contributed by atoms with Crippen LogP contribution in [0.25, 0.3) is 11.3 Å². The molecule has 0 unspecified atom stereocenters. The molecule has 2 aromatic carbocycles. The van der Waals surface area contributed by atoms with Crippen LogP contribution in [0, 0.1) is 5.92 Å². The summed E-state index contributed by atoms with van der Waals surface area (Å²) in [6.45, 7) is 0. The van der Waals surface area contributed by atoms with E-state index in [9.17, 15) is 4.79 Å². The standard InChI is InChI=1S/C25H26ClN3O3/c1-32-23-12-10-20(15-21(23)26)27-24-13-11-22(28-29-24)19-8-6-18(7-9-19)17-4-2-16(3-5-17)14-25(30)31/h6-13,15-17H,2-5,14H2,1H3,(H,27,29)(H,30,31). The van der Waals surface area contributed by atoms with Gasteiger partial charge in [0.1, 0.15) is 5.75 Å². The number of ether oxygens (including phenoxy) is 1. The minimum absolute atomic E-state index is 0.292.